The first-order valence-electron chi connectivity index (χ1n) is 10.4. The van der Waals surface area contributed by atoms with Crippen molar-refractivity contribution in [2.75, 3.05) is 32.7 Å². The van der Waals surface area contributed by atoms with Crippen LogP contribution in [0.2, 0.25) is 0 Å². The molecule has 0 unspecified atom stereocenters. The van der Waals surface area contributed by atoms with E-state index in [0.29, 0.717) is 0 Å². The third-order valence-electron chi connectivity index (χ3n) is 6.22. The van der Waals surface area contributed by atoms with Crippen LogP contribution < -0.4 is 5.32 Å². The van der Waals surface area contributed by atoms with E-state index in [0.717, 1.165) is 19.0 Å². The van der Waals surface area contributed by atoms with Gasteiger partial charge in [0.2, 0.25) is 5.91 Å². The number of rotatable bonds is 6. The maximum Gasteiger partial charge on any atom is 0.237 e. The monoisotopic (exact) mass is 357 g/mol. The number of hydrogen-bond donors (Lipinski definition) is 1. The van der Waals surface area contributed by atoms with Crippen molar-refractivity contribution in [3.05, 3.63) is 35.4 Å². The number of benzene rings is 1. The molecule has 4 heteroatoms. The number of carbonyl (C=O) groups excluding carboxylic acids is 1. The second kappa shape index (κ2) is 9.01. The molecule has 26 heavy (non-hydrogen) atoms. The fourth-order valence-corrected chi connectivity index (χ4v) is 4.52. The molecule has 0 saturated carbocycles. The van der Waals surface area contributed by atoms with Gasteiger partial charge in [-0.2, -0.15) is 0 Å². The van der Waals surface area contributed by atoms with E-state index in [1.54, 1.807) is 0 Å². The van der Waals surface area contributed by atoms with Gasteiger partial charge in [0, 0.05) is 13.1 Å². The average molecular weight is 358 g/mol. The maximum atomic E-state index is 12.8. The van der Waals surface area contributed by atoms with E-state index >= 15 is 0 Å². The van der Waals surface area contributed by atoms with E-state index in [1.165, 1.54) is 56.4 Å². The van der Waals surface area contributed by atoms with Gasteiger partial charge < -0.3 is 10.2 Å². The van der Waals surface area contributed by atoms with Crippen LogP contribution >= 0.6 is 0 Å². The van der Waals surface area contributed by atoms with Gasteiger partial charge in [0.1, 0.15) is 0 Å². The molecule has 4 nitrogen and oxygen atoms in total. The number of likely N-dealkylation sites (tertiary alicyclic amines) is 2. The predicted octanol–water partition coefficient (Wildman–Crippen LogP) is 3.37. The second-order valence-electron chi connectivity index (χ2n) is 8.27. The minimum atomic E-state index is -0.0483. The van der Waals surface area contributed by atoms with Crippen LogP contribution in [0.1, 0.15) is 56.7 Å². The van der Waals surface area contributed by atoms with Gasteiger partial charge in [-0.15, -0.1) is 0 Å². The van der Waals surface area contributed by atoms with Gasteiger partial charge in [-0.05, 0) is 76.7 Å². The van der Waals surface area contributed by atoms with Crippen LogP contribution in [0.5, 0.6) is 0 Å². The molecule has 1 N–H and O–H groups in total. The fourth-order valence-electron chi connectivity index (χ4n) is 4.52. The first-order chi connectivity index (χ1) is 12.5. The third-order valence-corrected chi connectivity index (χ3v) is 6.22. The van der Waals surface area contributed by atoms with Gasteiger partial charge in [0.15, 0.2) is 0 Å². The summed E-state index contributed by atoms with van der Waals surface area (Å²) in [5.74, 6) is 0.872. The molecule has 1 aromatic rings. The summed E-state index contributed by atoms with van der Waals surface area (Å²) in [4.78, 5) is 17.8. The highest BCUT2D eigenvalue weighted by molar-refractivity contribution is 5.81. The molecule has 0 aliphatic carbocycles. The highest BCUT2D eigenvalue weighted by Gasteiger charge is 2.31. The van der Waals surface area contributed by atoms with Crippen LogP contribution in [-0.4, -0.2) is 54.5 Å². The zero-order valence-corrected chi connectivity index (χ0v) is 16.7. The van der Waals surface area contributed by atoms with Crippen molar-refractivity contribution in [3.8, 4) is 0 Å². The van der Waals surface area contributed by atoms with Gasteiger partial charge in [-0.3, -0.25) is 9.69 Å². The average Bonchev–Trinajstić information content (AvgIpc) is 3.10. The van der Waals surface area contributed by atoms with Gasteiger partial charge in [-0.1, -0.05) is 30.7 Å². The molecule has 2 heterocycles. The molecule has 0 bridgehead atoms. The summed E-state index contributed by atoms with van der Waals surface area (Å²) in [5.41, 5.74) is 2.44. The Labute approximate surface area is 158 Å². The largest absolute Gasteiger partial charge is 0.348 e. The number of hydrogen-bond acceptors (Lipinski definition) is 3. The molecule has 0 radical (unpaired) electrons. The van der Waals surface area contributed by atoms with Crippen molar-refractivity contribution >= 4 is 5.91 Å². The van der Waals surface area contributed by atoms with Crippen molar-refractivity contribution in [2.24, 2.45) is 5.92 Å². The number of carbonyl (C=O) groups is 1. The Morgan fingerprint density at radius 3 is 2.62 bits per heavy atom. The van der Waals surface area contributed by atoms with Gasteiger partial charge in [-0.25, -0.2) is 0 Å². The topological polar surface area (TPSA) is 35.6 Å². The van der Waals surface area contributed by atoms with Crippen molar-refractivity contribution in [1.29, 1.82) is 0 Å². The predicted molar refractivity (Wildman–Crippen MR) is 107 cm³/mol. The van der Waals surface area contributed by atoms with E-state index in [-0.39, 0.29) is 18.0 Å². The first-order valence-corrected chi connectivity index (χ1v) is 10.4. The summed E-state index contributed by atoms with van der Waals surface area (Å²) in [7, 11) is 0. The normalized spacial score (nSPS) is 24.3. The van der Waals surface area contributed by atoms with Gasteiger partial charge in [0.05, 0.1) is 12.1 Å². The number of amides is 1. The third kappa shape index (κ3) is 4.86. The number of piperidine rings is 1. The molecule has 3 atom stereocenters. The summed E-state index contributed by atoms with van der Waals surface area (Å²) < 4.78 is 0. The highest BCUT2D eigenvalue weighted by atomic mass is 16.2. The lowest BCUT2D eigenvalue weighted by molar-refractivity contribution is -0.126. The standard InChI is InChI=1S/C22H35N3O/c1-17-9-5-6-10-21(17)18(2)23-22(26)19(3)25-14-11-20(16-25)15-24-12-7-4-8-13-24/h5-6,9-10,18-20H,4,7-8,11-16H2,1-3H3,(H,23,26)/t18-,19-,20-/m0/s1. The molecule has 1 aromatic carbocycles. The lowest BCUT2D eigenvalue weighted by Gasteiger charge is -2.30. The Bertz CT molecular complexity index is 597. The van der Waals surface area contributed by atoms with Gasteiger partial charge >= 0.3 is 0 Å². The zero-order chi connectivity index (χ0) is 18.5. The Hall–Kier alpha value is -1.39. The van der Waals surface area contributed by atoms with Crippen molar-refractivity contribution in [3.63, 3.8) is 0 Å². The van der Waals surface area contributed by atoms with Crippen LogP contribution in [0.4, 0.5) is 0 Å². The maximum absolute atomic E-state index is 12.8. The molecule has 2 aliphatic rings. The lowest BCUT2D eigenvalue weighted by atomic mass is 10.0. The number of nitrogens with one attached hydrogen (secondary N) is 1. The Morgan fingerprint density at radius 2 is 1.88 bits per heavy atom. The summed E-state index contributed by atoms with van der Waals surface area (Å²) in [6.45, 7) is 12.1. The molecule has 144 valence electrons. The van der Waals surface area contributed by atoms with E-state index in [9.17, 15) is 4.79 Å². The number of nitrogens with zero attached hydrogens (tertiary/aromatic N) is 2. The summed E-state index contributed by atoms with van der Waals surface area (Å²) >= 11 is 0. The zero-order valence-electron chi connectivity index (χ0n) is 16.7. The minimum Gasteiger partial charge on any atom is -0.348 e. The van der Waals surface area contributed by atoms with E-state index in [4.69, 9.17) is 0 Å². The van der Waals surface area contributed by atoms with Crippen LogP contribution in [-0.2, 0) is 4.79 Å². The van der Waals surface area contributed by atoms with E-state index in [2.05, 4.69) is 48.0 Å². The van der Waals surface area contributed by atoms with E-state index in [1.807, 2.05) is 12.1 Å². The molecular formula is C22H35N3O. The quantitative estimate of drug-likeness (QED) is 0.848. The van der Waals surface area contributed by atoms with Crippen molar-refractivity contribution in [2.45, 2.75) is 58.5 Å². The van der Waals surface area contributed by atoms with Crippen LogP contribution in [0.15, 0.2) is 24.3 Å². The summed E-state index contributed by atoms with van der Waals surface area (Å²) in [6.07, 6.45) is 5.32. The minimum absolute atomic E-state index is 0.0483. The SMILES string of the molecule is Cc1ccccc1[C@H](C)NC(=O)[C@H](C)N1CC[C@@H](CN2CCCCC2)C1. The highest BCUT2D eigenvalue weighted by Crippen LogP contribution is 2.22. The summed E-state index contributed by atoms with van der Waals surface area (Å²) in [5, 5.41) is 3.22. The lowest BCUT2D eigenvalue weighted by Crippen LogP contribution is -2.45. The molecule has 2 saturated heterocycles. The Morgan fingerprint density at radius 1 is 1.15 bits per heavy atom. The molecule has 0 spiro atoms. The molecule has 0 aromatic heterocycles. The second-order valence-corrected chi connectivity index (χ2v) is 8.27. The van der Waals surface area contributed by atoms with Gasteiger partial charge in [0.25, 0.3) is 0 Å². The molecular weight excluding hydrogens is 322 g/mol. The molecule has 3 rings (SSSR count). The van der Waals surface area contributed by atoms with Crippen LogP contribution in [0, 0.1) is 12.8 Å². The van der Waals surface area contributed by atoms with Crippen molar-refractivity contribution in [1.82, 2.24) is 15.1 Å². The number of aryl methyl sites for hydroxylation is 1. The molecule has 2 fully saturated rings. The van der Waals surface area contributed by atoms with Crippen LogP contribution in [0.25, 0.3) is 0 Å². The van der Waals surface area contributed by atoms with E-state index < -0.39 is 0 Å². The molecule has 1 amide bonds. The summed E-state index contributed by atoms with van der Waals surface area (Å²) in [6, 6.07) is 8.30. The van der Waals surface area contributed by atoms with Crippen molar-refractivity contribution < 1.29 is 4.79 Å². The molecule has 2 aliphatic heterocycles. The Kier molecular flexibility index (Phi) is 6.71. The smallest absolute Gasteiger partial charge is 0.237 e. The Balaban J connectivity index is 1.48. The fraction of sp³-hybridized carbons (Fsp3) is 0.682. The van der Waals surface area contributed by atoms with Crippen LogP contribution in [0.3, 0.4) is 0 Å². The first kappa shape index (κ1) is 19.4.